The van der Waals surface area contributed by atoms with Crippen molar-refractivity contribution in [3.05, 3.63) is 29.3 Å². The molecule has 0 saturated carbocycles. The largest absolute Gasteiger partial charge is 0.484 e. The monoisotopic (exact) mass is 347 g/mol. The Hall–Kier alpha value is -0.740. The quantitative estimate of drug-likeness (QED) is 0.544. The van der Waals surface area contributed by atoms with Gasteiger partial charge in [0, 0.05) is 16.9 Å². The lowest BCUT2D eigenvalue weighted by atomic mass is 10.2. The molecule has 0 heterocycles. The van der Waals surface area contributed by atoms with E-state index in [1.54, 1.807) is 24.3 Å². The molecular weight excluding hydrogens is 330 g/mol. The first-order valence-electron chi connectivity index (χ1n) is 6.43. The van der Waals surface area contributed by atoms with Crippen molar-refractivity contribution >= 4 is 33.4 Å². The maximum absolute atomic E-state index is 11.5. The van der Waals surface area contributed by atoms with E-state index < -0.39 is 0 Å². The van der Waals surface area contributed by atoms with Crippen molar-refractivity contribution in [2.45, 2.75) is 25.7 Å². The molecule has 0 aliphatic carbocycles. The van der Waals surface area contributed by atoms with Crippen LogP contribution < -0.4 is 10.1 Å². The zero-order chi connectivity index (χ0) is 13.9. The van der Waals surface area contributed by atoms with Gasteiger partial charge in [-0.3, -0.25) is 4.79 Å². The summed E-state index contributed by atoms with van der Waals surface area (Å²) in [6.07, 6.45) is 4.54. The molecule has 19 heavy (non-hydrogen) atoms. The zero-order valence-corrected chi connectivity index (χ0v) is 13.2. The van der Waals surface area contributed by atoms with Crippen molar-refractivity contribution in [2.75, 3.05) is 18.5 Å². The Balaban J connectivity index is 2.06. The molecule has 0 bridgehead atoms. The second-order valence-corrected chi connectivity index (χ2v) is 5.43. The normalized spacial score (nSPS) is 10.2. The van der Waals surface area contributed by atoms with Gasteiger partial charge in [-0.25, -0.2) is 0 Å². The van der Waals surface area contributed by atoms with Gasteiger partial charge in [0.25, 0.3) is 5.91 Å². The number of carbonyl (C=O) groups is 1. The molecule has 0 radical (unpaired) electrons. The number of rotatable bonds is 9. The topological polar surface area (TPSA) is 38.3 Å². The number of unbranched alkanes of at least 4 members (excludes halogenated alkanes) is 3. The molecule has 1 amide bonds. The fourth-order valence-electron chi connectivity index (χ4n) is 1.53. The summed E-state index contributed by atoms with van der Waals surface area (Å²) in [4.78, 5) is 11.5. The Morgan fingerprint density at radius 1 is 1.16 bits per heavy atom. The first-order chi connectivity index (χ1) is 9.22. The van der Waals surface area contributed by atoms with Crippen LogP contribution in [-0.2, 0) is 4.79 Å². The summed E-state index contributed by atoms with van der Waals surface area (Å²) in [5.74, 6) is 0.562. The van der Waals surface area contributed by atoms with Gasteiger partial charge in [0.15, 0.2) is 6.61 Å². The first-order valence-corrected chi connectivity index (χ1v) is 7.93. The minimum absolute atomic E-state index is 0.0447. The lowest BCUT2D eigenvalue weighted by molar-refractivity contribution is -0.123. The minimum atomic E-state index is -0.0876. The van der Waals surface area contributed by atoms with Gasteiger partial charge < -0.3 is 10.1 Å². The molecule has 1 N–H and O–H groups in total. The van der Waals surface area contributed by atoms with Gasteiger partial charge in [-0.05, 0) is 37.1 Å². The highest BCUT2D eigenvalue weighted by molar-refractivity contribution is 9.09. The molecule has 3 nitrogen and oxygen atoms in total. The fourth-order valence-corrected chi connectivity index (χ4v) is 2.05. The van der Waals surface area contributed by atoms with Crippen LogP contribution in [0.15, 0.2) is 24.3 Å². The molecule has 0 atom stereocenters. The van der Waals surface area contributed by atoms with Crippen LogP contribution in [0.2, 0.25) is 5.02 Å². The van der Waals surface area contributed by atoms with E-state index in [-0.39, 0.29) is 12.5 Å². The van der Waals surface area contributed by atoms with Gasteiger partial charge >= 0.3 is 0 Å². The van der Waals surface area contributed by atoms with Gasteiger partial charge in [-0.15, -0.1) is 0 Å². The lowest BCUT2D eigenvalue weighted by Gasteiger charge is -2.07. The first kappa shape index (κ1) is 16.3. The molecule has 1 aromatic rings. The predicted molar refractivity (Wildman–Crippen MR) is 82.2 cm³/mol. The second-order valence-electron chi connectivity index (χ2n) is 4.20. The Kier molecular flexibility index (Phi) is 8.67. The van der Waals surface area contributed by atoms with Gasteiger partial charge in [-0.2, -0.15) is 0 Å². The van der Waals surface area contributed by atoms with Crippen LogP contribution in [0.25, 0.3) is 0 Å². The number of benzene rings is 1. The maximum Gasteiger partial charge on any atom is 0.257 e. The summed E-state index contributed by atoms with van der Waals surface area (Å²) in [5.41, 5.74) is 0. The van der Waals surface area contributed by atoms with Crippen molar-refractivity contribution in [3.8, 4) is 5.75 Å². The third-order valence-electron chi connectivity index (χ3n) is 2.57. The zero-order valence-electron chi connectivity index (χ0n) is 10.8. The molecule has 0 unspecified atom stereocenters. The highest BCUT2D eigenvalue weighted by Gasteiger charge is 2.02. The van der Waals surface area contributed by atoms with Gasteiger partial charge in [0.2, 0.25) is 0 Å². The molecule has 5 heteroatoms. The summed E-state index contributed by atoms with van der Waals surface area (Å²) in [6, 6.07) is 6.96. The number of alkyl halides is 1. The van der Waals surface area contributed by atoms with E-state index in [4.69, 9.17) is 16.3 Å². The highest BCUT2D eigenvalue weighted by atomic mass is 79.9. The number of ether oxygens (including phenoxy) is 1. The number of carbonyl (C=O) groups excluding carboxylic acids is 1. The summed E-state index contributed by atoms with van der Waals surface area (Å²) < 4.78 is 5.34. The third-order valence-corrected chi connectivity index (χ3v) is 3.38. The Bertz CT molecular complexity index is 370. The second kappa shape index (κ2) is 10.1. The summed E-state index contributed by atoms with van der Waals surface area (Å²) >= 11 is 9.15. The molecule has 0 aliphatic heterocycles. The van der Waals surface area contributed by atoms with Crippen molar-refractivity contribution < 1.29 is 9.53 Å². The Morgan fingerprint density at radius 3 is 2.53 bits per heavy atom. The van der Waals surface area contributed by atoms with Crippen LogP contribution in [0.3, 0.4) is 0 Å². The van der Waals surface area contributed by atoms with E-state index in [0.717, 1.165) is 18.2 Å². The standard InChI is InChI=1S/C14H19BrClNO2/c15-9-3-1-2-4-10-17-14(18)11-19-13-7-5-12(16)6-8-13/h5-8H,1-4,9-11H2,(H,17,18). The average molecular weight is 349 g/mol. The van der Waals surface area contributed by atoms with E-state index in [9.17, 15) is 4.79 Å². The van der Waals surface area contributed by atoms with E-state index in [1.807, 2.05) is 0 Å². The molecule has 0 saturated heterocycles. The molecule has 0 spiro atoms. The van der Waals surface area contributed by atoms with Crippen molar-refractivity contribution in [2.24, 2.45) is 0 Å². The molecule has 0 aromatic heterocycles. The number of amides is 1. The average Bonchev–Trinajstić information content (AvgIpc) is 2.42. The van der Waals surface area contributed by atoms with Crippen LogP contribution >= 0.6 is 27.5 Å². The van der Waals surface area contributed by atoms with Crippen LogP contribution in [-0.4, -0.2) is 24.4 Å². The van der Waals surface area contributed by atoms with E-state index in [2.05, 4.69) is 21.2 Å². The van der Waals surface area contributed by atoms with Crippen molar-refractivity contribution in [1.29, 1.82) is 0 Å². The van der Waals surface area contributed by atoms with Gasteiger partial charge in [-0.1, -0.05) is 40.4 Å². The van der Waals surface area contributed by atoms with E-state index in [0.29, 0.717) is 17.3 Å². The highest BCUT2D eigenvalue weighted by Crippen LogP contribution is 2.15. The molecule has 1 aromatic carbocycles. The van der Waals surface area contributed by atoms with Crippen LogP contribution in [0.5, 0.6) is 5.75 Å². The number of halogens is 2. The van der Waals surface area contributed by atoms with Crippen molar-refractivity contribution in [3.63, 3.8) is 0 Å². The Morgan fingerprint density at radius 2 is 1.84 bits per heavy atom. The SMILES string of the molecule is O=C(COc1ccc(Cl)cc1)NCCCCCCBr. The third kappa shape index (κ3) is 8.11. The van der Waals surface area contributed by atoms with E-state index >= 15 is 0 Å². The summed E-state index contributed by atoms with van der Waals surface area (Å²) in [5, 5.41) is 4.54. The summed E-state index contributed by atoms with van der Waals surface area (Å²) in [7, 11) is 0. The minimum Gasteiger partial charge on any atom is -0.484 e. The smallest absolute Gasteiger partial charge is 0.257 e. The molecule has 1 rings (SSSR count). The lowest BCUT2D eigenvalue weighted by Crippen LogP contribution is -2.29. The molecular formula is C14H19BrClNO2. The van der Waals surface area contributed by atoms with Gasteiger partial charge in [0.1, 0.15) is 5.75 Å². The maximum atomic E-state index is 11.5. The van der Waals surface area contributed by atoms with Crippen LogP contribution in [0.4, 0.5) is 0 Å². The Labute approximate surface area is 127 Å². The van der Waals surface area contributed by atoms with E-state index in [1.165, 1.54) is 12.8 Å². The van der Waals surface area contributed by atoms with Crippen LogP contribution in [0.1, 0.15) is 25.7 Å². The number of hydrogen-bond donors (Lipinski definition) is 1. The summed E-state index contributed by atoms with van der Waals surface area (Å²) in [6.45, 7) is 0.758. The van der Waals surface area contributed by atoms with Crippen LogP contribution in [0, 0.1) is 0 Å². The molecule has 106 valence electrons. The molecule has 0 aliphatic rings. The van der Waals surface area contributed by atoms with Gasteiger partial charge in [0.05, 0.1) is 0 Å². The van der Waals surface area contributed by atoms with Crippen molar-refractivity contribution in [1.82, 2.24) is 5.32 Å². The fraction of sp³-hybridized carbons (Fsp3) is 0.500. The number of nitrogens with one attached hydrogen (secondary N) is 1. The number of hydrogen-bond acceptors (Lipinski definition) is 2. The predicted octanol–water partition coefficient (Wildman–Crippen LogP) is 3.79. The molecule has 0 fully saturated rings.